The summed E-state index contributed by atoms with van der Waals surface area (Å²) in [6.07, 6.45) is 0.795. The molecule has 0 unspecified atom stereocenters. The fourth-order valence-electron chi connectivity index (χ4n) is 2.01. The molecule has 98 valence electrons. The lowest BCUT2D eigenvalue weighted by Crippen LogP contribution is -2.28. The molecule has 3 nitrogen and oxygen atoms in total. The third kappa shape index (κ3) is 3.13. The predicted molar refractivity (Wildman–Crippen MR) is 75.0 cm³/mol. The summed E-state index contributed by atoms with van der Waals surface area (Å²) in [5.41, 5.74) is 1.37. The number of hydrogen-bond acceptors (Lipinski definition) is 2. The third-order valence-electron chi connectivity index (χ3n) is 3.06. The number of aromatic hydroxyl groups is 1. The Kier molecular flexibility index (Phi) is 4.18. The van der Waals surface area contributed by atoms with E-state index in [9.17, 15) is 9.90 Å². The molecule has 0 radical (unpaired) electrons. The largest absolute Gasteiger partial charge is 0.507 e. The van der Waals surface area contributed by atoms with Crippen molar-refractivity contribution in [1.29, 1.82) is 0 Å². The number of carbonyl (C=O) groups excluding carboxylic acids is 1. The molecule has 2 rings (SSSR count). The van der Waals surface area contributed by atoms with Crippen LogP contribution in [-0.4, -0.2) is 11.0 Å². The highest BCUT2D eigenvalue weighted by Gasteiger charge is 2.15. The van der Waals surface area contributed by atoms with Gasteiger partial charge in [0.2, 0.25) is 0 Å². The Hall–Kier alpha value is -2.29. The van der Waals surface area contributed by atoms with E-state index in [1.54, 1.807) is 18.2 Å². The summed E-state index contributed by atoms with van der Waals surface area (Å²) < 4.78 is 0. The van der Waals surface area contributed by atoms with E-state index in [-0.39, 0.29) is 17.7 Å². The summed E-state index contributed by atoms with van der Waals surface area (Å²) in [7, 11) is 0. The second-order valence-electron chi connectivity index (χ2n) is 4.36. The maximum atomic E-state index is 12.1. The minimum absolute atomic E-state index is 0.00270. The highest BCUT2D eigenvalue weighted by Crippen LogP contribution is 2.20. The molecule has 0 spiro atoms. The molecule has 0 aromatic heterocycles. The summed E-state index contributed by atoms with van der Waals surface area (Å²) in [5, 5.41) is 12.6. The van der Waals surface area contributed by atoms with E-state index in [2.05, 4.69) is 5.32 Å². The van der Waals surface area contributed by atoms with Crippen molar-refractivity contribution >= 4 is 5.91 Å². The van der Waals surface area contributed by atoms with E-state index < -0.39 is 0 Å². The van der Waals surface area contributed by atoms with Gasteiger partial charge in [0.1, 0.15) is 5.75 Å². The summed E-state index contributed by atoms with van der Waals surface area (Å²) in [6.45, 7) is 2.02. The van der Waals surface area contributed by atoms with Crippen LogP contribution in [0.3, 0.4) is 0 Å². The summed E-state index contributed by atoms with van der Waals surface area (Å²) in [5.74, 6) is -0.253. The lowest BCUT2D eigenvalue weighted by Gasteiger charge is -2.17. The van der Waals surface area contributed by atoms with Crippen molar-refractivity contribution in [2.24, 2.45) is 0 Å². The molecule has 0 aliphatic carbocycles. The molecule has 2 aromatic carbocycles. The molecular weight excluding hydrogens is 238 g/mol. The van der Waals surface area contributed by atoms with Gasteiger partial charge in [-0.25, -0.2) is 0 Å². The standard InChI is InChI=1S/C16H17NO2/c1-2-14(12-8-4-3-5-9-12)17-16(19)13-10-6-7-11-15(13)18/h3-11,14,18H,2H2,1H3,(H,17,19)/t14-/m0/s1. The van der Waals surface area contributed by atoms with Crippen LogP contribution in [0.2, 0.25) is 0 Å². The summed E-state index contributed by atoms with van der Waals surface area (Å²) >= 11 is 0. The molecule has 0 aliphatic heterocycles. The minimum Gasteiger partial charge on any atom is -0.507 e. The van der Waals surface area contributed by atoms with Crippen LogP contribution in [0.5, 0.6) is 5.75 Å². The van der Waals surface area contributed by atoms with Gasteiger partial charge >= 0.3 is 0 Å². The first-order valence-corrected chi connectivity index (χ1v) is 6.36. The molecule has 1 atom stereocenters. The van der Waals surface area contributed by atoms with Gasteiger partial charge in [-0.05, 0) is 24.1 Å². The van der Waals surface area contributed by atoms with Gasteiger partial charge in [-0.2, -0.15) is 0 Å². The Labute approximate surface area is 112 Å². The van der Waals surface area contributed by atoms with Crippen molar-refractivity contribution in [2.45, 2.75) is 19.4 Å². The van der Waals surface area contributed by atoms with Gasteiger partial charge < -0.3 is 10.4 Å². The molecule has 0 aliphatic rings. The number of carbonyl (C=O) groups is 1. The van der Waals surface area contributed by atoms with Crippen LogP contribution in [0, 0.1) is 0 Å². The number of hydrogen-bond donors (Lipinski definition) is 2. The number of rotatable bonds is 4. The zero-order chi connectivity index (χ0) is 13.7. The molecule has 3 heteroatoms. The van der Waals surface area contributed by atoms with E-state index in [0.717, 1.165) is 12.0 Å². The van der Waals surface area contributed by atoms with Crippen LogP contribution < -0.4 is 5.32 Å². The Balaban J connectivity index is 2.16. The molecule has 0 bridgehead atoms. The van der Waals surface area contributed by atoms with Crippen LogP contribution in [0.25, 0.3) is 0 Å². The average Bonchev–Trinajstić information content (AvgIpc) is 2.46. The minimum atomic E-state index is -0.256. The Morgan fingerprint density at radius 1 is 1.11 bits per heavy atom. The summed E-state index contributed by atoms with van der Waals surface area (Å²) in [6, 6.07) is 16.3. The fraction of sp³-hybridized carbons (Fsp3) is 0.188. The topological polar surface area (TPSA) is 49.3 Å². The van der Waals surface area contributed by atoms with E-state index in [1.165, 1.54) is 6.07 Å². The maximum Gasteiger partial charge on any atom is 0.255 e. The van der Waals surface area contributed by atoms with Gasteiger partial charge in [-0.3, -0.25) is 4.79 Å². The molecule has 0 saturated carbocycles. The van der Waals surface area contributed by atoms with Crippen molar-refractivity contribution in [3.63, 3.8) is 0 Å². The molecule has 19 heavy (non-hydrogen) atoms. The lowest BCUT2D eigenvalue weighted by atomic mass is 10.0. The Morgan fingerprint density at radius 3 is 2.37 bits per heavy atom. The first-order chi connectivity index (χ1) is 9.22. The van der Waals surface area contributed by atoms with Crippen LogP contribution in [0.15, 0.2) is 54.6 Å². The smallest absolute Gasteiger partial charge is 0.255 e. The number of para-hydroxylation sites is 1. The normalized spacial score (nSPS) is 11.8. The molecule has 0 saturated heterocycles. The van der Waals surface area contributed by atoms with Gasteiger partial charge in [0, 0.05) is 0 Å². The van der Waals surface area contributed by atoms with Crippen LogP contribution in [0.1, 0.15) is 35.3 Å². The quantitative estimate of drug-likeness (QED) is 0.880. The second-order valence-corrected chi connectivity index (χ2v) is 4.36. The second kappa shape index (κ2) is 6.05. The van der Waals surface area contributed by atoms with Crippen molar-refractivity contribution in [2.75, 3.05) is 0 Å². The monoisotopic (exact) mass is 255 g/mol. The van der Waals surface area contributed by atoms with Crippen molar-refractivity contribution < 1.29 is 9.90 Å². The highest BCUT2D eigenvalue weighted by molar-refractivity contribution is 5.96. The highest BCUT2D eigenvalue weighted by atomic mass is 16.3. The number of phenolic OH excluding ortho intramolecular Hbond substituents is 1. The van der Waals surface area contributed by atoms with Crippen LogP contribution in [-0.2, 0) is 0 Å². The van der Waals surface area contributed by atoms with Gasteiger partial charge in [-0.15, -0.1) is 0 Å². The van der Waals surface area contributed by atoms with Crippen molar-refractivity contribution in [1.82, 2.24) is 5.32 Å². The molecular formula is C16H17NO2. The molecule has 2 aromatic rings. The van der Waals surface area contributed by atoms with Crippen molar-refractivity contribution in [3.8, 4) is 5.75 Å². The van der Waals surface area contributed by atoms with E-state index >= 15 is 0 Å². The average molecular weight is 255 g/mol. The molecule has 0 heterocycles. The first-order valence-electron chi connectivity index (χ1n) is 6.36. The number of amides is 1. The number of phenols is 1. The lowest BCUT2D eigenvalue weighted by molar-refractivity contribution is 0.0933. The summed E-state index contributed by atoms with van der Waals surface area (Å²) in [4.78, 5) is 12.1. The SMILES string of the molecule is CC[C@H](NC(=O)c1ccccc1O)c1ccccc1. The third-order valence-corrected chi connectivity index (χ3v) is 3.06. The zero-order valence-corrected chi connectivity index (χ0v) is 10.8. The van der Waals surface area contributed by atoms with Crippen molar-refractivity contribution in [3.05, 3.63) is 65.7 Å². The van der Waals surface area contributed by atoms with E-state index in [4.69, 9.17) is 0 Å². The van der Waals surface area contributed by atoms with Crippen LogP contribution >= 0.6 is 0 Å². The molecule has 2 N–H and O–H groups in total. The van der Waals surface area contributed by atoms with E-state index in [0.29, 0.717) is 5.56 Å². The molecule has 0 fully saturated rings. The number of benzene rings is 2. The van der Waals surface area contributed by atoms with Gasteiger partial charge in [0.15, 0.2) is 0 Å². The van der Waals surface area contributed by atoms with Gasteiger partial charge in [0.25, 0.3) is 5.91 Å². The number of nitrogens with one attached hydrogen (secondary N) is 1. The Bertz CT molecular complexity index is 552. The van der Waals surface area contributed by atoms with Gasteiger partial charge in [0.05, 0.1) is 11.6 Å². The zero-order valence-electron chi connectivity index (χ0n) is 10.8. The van der Waals surface area contributed by atoms with Crippen LogP contribution in [0.4, 0.5) is 0 Å². The maximum absolute atomic E-state index is 12.1. The fourth-order valence-corrected chi connectivity index (χ4v) is 2.01. The first kappa shape index (κ1) is 13.1. The predicted octanol–water partition coefficient (Wildman–Crippen LogP) is 3.27. The van der Waals surface area contributed by atoms with E-state index in [1.807, 2.05) is 37.3 Å². The van der Waals surface area contributed by atoms with Gasteiger partial charge in [-0.1, -0.05) is 49.4 Å². The molecule has 1 amide bonds. The Morgan fingerprint density at radius 2 is 1.74 bits per heavy atom.